The molecule has 0 aliphatic heterocycles. The van der Waals surface area contributed by atoms with Gasteiger partial charge in [-0.25, -0.2) is 0 Å². The molecule has 0 bridgehead atoms. The topological polar surface area (TPSA) is 141 Å². The number of carbonyl (C=O) groups is 2. The third-order valence-electron chi connectivity index (χ3n) is 3.90. The fourth-order valence-electron chi connectivity index (χ4n) is 2.60. The molecule has 2 aromatic carbocycles. The number of hydrogen-bond acceptors (Lipinski definition) is 8. The highest BCUT2D eigenvalue weighted by Gasteiger charge is 2.08. The van der Waals surface area contributed by atoms with Gasteiger partial charge in [0.2, 0.25) is 11.8 Å². The summed E-state index contributed by atoms with van der Waals surface area (Å²) in [4.78, 5) is 24.3. The summed E-state index contributed by atoms with van der Waals surface area (Å²) < 4.78 is 0. The smallest absolute Gasteiger partial charge is 0.234 e. The lowest BCUT2D eigenvalue weighted by molar-refractivity contribution is -0.114. The van der Waals surface area contributed by atoms with Gasteiger partial charge in [-0.3, -0.25) is 9.59 Å². The Labute approximate surface area is 179 Å². The minimum absolute atomic E-state index is 0.142. The zero-order chi connectivity index (χ0) is 20.8. The maximum atomic E-state index is 12.2. The molecule has 0 aliphatic carbocycles. The molecule has 0 radical (unpaired) electrons. The molecule has 2 aromatic heterocycles. The fourth-order valence-corrected chi connectivity index (χ4v) is 3.76. The Morgan fingerprint density at radius 2 is 1.27 bits per heavy atom. The van der Waals surface area contributed by atoms with E-state index < -0.39 is 0 Å². The van der Waals surface area contributed by atoms with Gasteiger partial charge >= 0.3 is 0 Å². The summed E-state index contributed by atoms with van der Waals surface area (Å²) in [7, 11) is 0. The van der Waals surface area contributed by atoms with Crippen molar-refractivity contribution in [2.24, 2.45) is 0 Å². The first-order chi connectivity index (χ1) is 14.7. The average Bonchev–Trinajstić information content (AvgIpc) is 3.44. The predicted octanol–water partition coefficient (Wildman–Crippen LogP) is 2.54. The van der Waals surface area contributed by atoms with Crippen LogP contribution in [0.5, 0.6) is 0 Å². The number of thioether (sulfide) groups is 2. The van der Waals surface area contributed by atoms with Gasteiger partial charge in [0.25, 0.3) is 0 Å². The minimum Gasteiger partial charge on any atom is -0.325 e. The molecule has 4 aromatic rings. The number of anilines is 2. The van der Waals surface area contributed by atoms with Crippen molar-refractivity contribution in [3.8, 4) is 0 Å². The van der Waals surface area contributed by atoms with Gasteiger partial charge in [-0.15, -0.1) is 10.2 Å². The van der Waals surface area contributed by atoms with Crippen molar-refractivity contribution in [3.05, 3.63) is 48.8 Å². The standard InChI is InChI=1S/C18H16N8O2S2/c27-15(9-29-17-7-19-25-23-17)21-13-3-1-11-2-4-14(6-12(11)5-13)22-16(28)10-30-18-8-20-26-24-18/h1-8H,9-10H2,(H,21,27)(H,22,28)(H,19,23,25)(H,20,24,26). The van der Waals surface area contributed by atoms with Crippen molar-refractivity contribution < 1.29 is 9.59 Å². The van der Waals surface area contributed by atoms with Gasteiger partial charge in [-0.1, -0.05) is 35.7 Å². The van der Waals surface area contributed by atoms with Gasteiger partial charge < -0.3 is 10.6 Å². The number of fused-ring (bicyclic) bond motifs is 1. The van der Waals surface area contributed by atoms with Gasteiger partial charge in [-0.05, 0) is 35.0 Å². The van der Waals surface area contributed by atoms with E-state index in [9.17, 15) is 9.59 Å². The van der Waals surface area contributed by atoms with Crippen LogP contribution in [0.15, 0.2) is 58.8 Å². The van der Waals surface area contributed by atoms with Crippen LogP contribution in [0.4, 0.5) is 11.4 Å². The van der Waals surface area contributed by atoms with Crippen LogP contribution in [0.1, 0.15) is 0 Å². The van der Waals surface area contributed by atoms with Gasteiger partial charge in [-0.2, -0.15) is 20.6 Å². The SMILES string of the molecule is O=C(CSc1cn[nH]n1)Nc1ccc2ccc(NC(=O)CSc3cn[nH]n3)cc2c1. The lowest BCUT2D eigenvalue weighted by Crippen LogP contribution is -2.14. The summed E-state index contributed by atoms with van der Waals surface area (Å²) >= 11 is 2.59. The number of H-pyrrole nitrogens is 2. The van der Waals surface area contributed by atoms with Gasteiger partial charge in [0.1, 0.15) is 10.1 Å². The number of hydrogen-bond donors (Lipinski definition) is 4. The van der Waals surface area contributed by atoms with E-state index in [4.69, 9.17) is 0 Å². The largest absolute Gasteiger partial charge is 0.325 e. The molecule has 4 rings (SSSR count). The second-order valence-electron chi connectivity index (χ2n) is 6.07. The number of amides is 2. The summed E-state index contributed by atoms with van der Waals surface area (Å²) in [6.07, 6.45) is 3.13. The molecule has 0 saturated heterocycles. The summed E-state index contributed by atoms with van der Waals surface area (Å²) in [5.41, 5.74) is 1.36. The van der Waals surface area contributed by atoms with Crippen molar-refractivity contribution in [2.75, 3.05) is 22.1 Å². The summed E-state index contributed by atoms with van der Waals surface area (Å²) in [6.45, 7) is 0. The highest BCUT2D eigenvalue weighted by atomic mass is 32.2. The van der Waals surface area contributed by atoms with Gasteiger partial charge in [0, 0.05) is 11.4 Å². The lowest BCUT2D eigenvalue weighted by Gasteiger charge is -2.09. The number of nitrogens with zero attached hydrogens (tertiary/aromatic N) is 4. The zero-order valence-electron chi connectivity index (χ0n) is 15.5. The Morgan fingerprint density at radius 3 is 1.70 bits per heavy atom. The maximum Gasteiger partial charge on any atom is 0.234 e. The highest BCUT2D eigenvalue weighted by molar-refractivity contribution is 8.00. The Hall–Kier alpha value is -3.38. The van der Waals surface area contributed by atoms with E-state index in [1.165, 1.54) is 23.5 Å². The number of rotatable bonds is 8. The normalized spacial score (nSPS) is 10.8. The molecule has 10 nitrogen and oxygen atoms in total. The van der Waals surface area contributed by atoms with Crippen LogP contribution in [0.3, 0.4) is 0 Å². The van der Waals surface area contributed by atoms with Crippen molar-refractivity contribution in [3.63, 3.8) is 0 Å². The molecule has 152 valence electrons. The number of nitrogens with one attached hydrogen (secondary N) is 4. The second kappa shape index (κ2) is 9.41. The average molecular weight is 441 g/mol. The Bertz CT molecular complexity index is 1060. The Balaban J connectivity index is 1.36. The first-order valence-electron chi connectivity index (χ1n) is 8.76. The van der Waals surface area contributed by atoms with Crippen molar-refractivity contribution in [1.82, 2.24) is 30.8 Å². The van der Waals surface area contributed by atoms with Crippen LogP contribution in [-0.4, -0.2) is 54.1 Å². The third-order valence-corrected chi connectivity index (χ3v) is 5.69. The van der Waals surface area contributed by atoms with Gasteiger partial charge in [0.05, 0.1) is 23.9 Å². The fraction of sp³-hybridized carbons (Fsp3) is 0.111. The van der Waals surface area contributed by atoms with E-state index in [2.05, 4.69) is 41.5 Å². The van der Waals surface area contributed by atoms with E-state index >= 15 is 0 Å². The van der Waals surface area contributed by atoms with Crippen LogP contribution in [0, 0.1) is 0 Å². The van der Waals surface area contributed by atoms with E-state index in [-0.39, 0.29) is 23.3 Å². The first-order valence-corrected chi connectivity index (χ1v) is 10.7. The van der Waals surface area contributed by atoms with Crippen LogP contribution in [-0.2, 0) is 9.59 Å². The highest BCUT2D eigenvalue weighted by Crippen LogP contribution is 2.24. The summed E-state index contributed by atoms with van der Waals surface area (Å²) in [5.74, 6) is 0.168. The van der Waals surface area contributed by atoms with Crippen molar-refractivity contribution >= 4 is 57.5 Å². The van der Waals surface area contributed by atoms with E-state index in [1.54, 1.807) is 12.4 Å². The van der Waals surface area contributed by atoms with Crippen LogP contribution in [0.2, 0.25) is 0 Å². The van der Waals surface area contributed by atoms with Gasteiger partial charge in [0.15, 0.2) is 0 Å². The number of aromatic nitrogens is 6. The minimum atomic E-state index is -0.142. The lowest BCUT2D eigenvalue weighted by atomic mass is 10.1. The molecule has 0 spiro atoms. The molecular formula is C18H16N8O2S2. The number of carbonyl (C=O) groups excluding carboxylic acids is 2. The summed E-state index contributed by atoms with van der Waals surface area (Å²) in [5, 5.41) is 29.2. The monoisotopic (exact) mass is 440 g/mol. The number of aromatic amines is 2. The summed E-state index contributed by atoms with van der Waals surface area (Å²) in [6, 6.07) is 11.3. The molecule has 2 amide bonds. The molecule has 4 N–H and O–H groups in total. The quantitative estimate of drug-likeness (QED) is 0.306. The molecule has 0 aliphatic rings. The maximum absolute atomic E-state index is 12.2. The molecule has 12 heteroatoms. The Kier molecular flexibility index (Phi) is 6.25. The van der Waals surface area contributed by atoms with Crippen molar-refractivity contribution in [2.45, 2.75) is 10.1 Å². The first kappa shape index (κ1) is 19.9. The van der Waals surface area contributed by atoms with Crippen LogP contribution < -0.4 is 10.6 Å². The van der Waals surface area contributed by atoms with E-state index in [0.29, 0.717) is 21.4 Å². The predicted molar refractivity (Wildman–Crippen MR) is 115 cm³/mol. The van der Waals surface area contributed by atoms with Crippen LogP contribution >= 0.6 is 23.5 Å². The molecular weight excluding hydrogens is 424 g/mol. The molecule has 0 atom stereocenters. The number of benzene rings is 2. The zero-order valence-corrected chi connectivity index (χ0v) is 17.1. The van der Waals surface area contributed by atoms with Crippen molar-refractivity contribution in [1.29, 1.82) is 0 Å². The third kappa shape index (κ3) is 5.36. The molecule has 0 unspecified atom stereocenters. The Morgan fingerprint density at radius 1 is 0.767 bits per heavy atom. The molecule has 0 saturated carbocycles. The van der Waals surface area contributed by atoms with Crippen LogP contribution in [0.25, 0.3) is 10.8 Å². The van der Waals surface area contributed by atoms with E-state index in [0.717, 1.165) is 10.8 Å². The van der Waals surface area contributed by atoms with E-state index in [1.807, 2.05) is 36.4 Å². The second-order valence-corrected chi connectivity index (χ2v) is 8.06. The molecule has 2 heterocycles. The molecule has 0 fully saturated rings. The molecule has 30 heavy (non-hydrogen) atoms.